The highest BCUT2D eigenvalue weighted by Crippen LogP contribution is 2.39. The molecule has 1 fully saturated rings. The molecule has 6 heteroatoms. The standard InChI is InChI=1S/C12H17N3O3/c1-11(2)6-15(7-12(11,3)18)9-5-13-4-8(14-9)10(16)17/h4-5,18H,6-7H2,1-3H3,(H,16,17)/t12-/m0/s1. The lowest BCUT2D eigenvalue weighted by atomic mass is 9.79. The molecule has 2 rings (SSSR count). The molecule has 1 aliphatic heterocycles. The molecule has 1 aromatic heterocycles. The molecule has 0 aromatic carbocycles. The van der Waals surface area contributed by atoms with Gasteiger partial charge in [0.15, 0.2) is 5.69 Å². The van der Waals surface area contributed by atoms with Crippen molar-refractivity contribution in [2.45, 2.75) is 26.4 Å². The van der Waals surface area contributed by atoms with E-state index in [1.165, 1.54) is 12.4 Å². The van der Waals surface area contributed by atoms with E-state index in [-0.39, 0.29) is 11.1 Å². The first-order chi connectivity index (χ1) is 8.23. The van der Waals surface area contributed by atoms with Crippen molar-refractivity contribution in [3.05, 3.63) is 18.1 Å². The van der Waals surface area contributed by atoms with E-state index in [0.717, 1.165) is 0 Å². The summed E-state index contributed by atoms with van der Waals surface area (Å²) in [4.78, 5) is 20.6. The van der Waals surface area contributed by atoms with Crippen molar-refractivity contribution in [3.8, 4) is 0 Å². The minimum absolute atomic E-state index is 0.0863. The molecule has 1 aromatic rings. The van der Waals surface area contributed by atoms with Gasteiger partial charge in [-0.1, -0.05) is 13.8 Å². The molecule has 1 saturated heterocycles. The molecule has 0 saturated carbocycles. The molecule has 18 heavy (non-hydrogen) atoms. The van der Waals surface area contributed by atoms with Crippen molar-refractivity contribution in [1.82, 2.24) is 9.97 Å². The topological polar surface area (TPSA) is 86.6 Å². The fourth-order valence-electron chi connectivity index (χ4n) is 2.06. The van der Waals surface area contributed by atoms with E-state index in [1.807, 2.05) is 18.7 Å². The molecule has 0 aliphatic carbocycles. The predicted octanol–water partition coefficient (Wildman–Crippen LogP) is 0.772. The number of rotatable bonds is 2. The summed E-state index contributed by atoms with van der Waals surface area (Å²) in [6.45, 7) is 6.75. The van der Waals surface area contributed by atoms with E-state index >= 15 is 0 Å². The molecule has 0 amide bonds. The summed E-state index contributed by atoms with van der Waals surface area (Å²) in [6.07, 6.45) is 2.73. The highest BCUT2D eigenvalue weighted by atomic mass is 16.4. The second kappa shape index (κ2) is 3.91. The van der Waals surface area contributed by atoms with Gasteiger partial charge in [-0.25, -0.2) is 9.78 Å². The smallest absolute Gasteiger partial charge is 0.356 e. The predicted molar refractivity (Wildman–Crippen MR) is 65.6 cm³/mol. The van der Waals surface area contributed by atoms with Gasteiger partial charge in [0.1, 0.15) is 5.82 Å². The summed E-state index contributed by atoms with van der Waals surface area (Å²) in [6, 6.07) is 0. The lowest BCUT2D eigenvalue weighted by Gasteiger charge is -2.30. The Hall–Kier alpha value is -1.69. The number of hydrogen-bond acceptors (Lipinski definition) is 5. The maximum absolute atomic E-state index is 10.9. The fraction of sp³-hybridized carbons (Fsp3) is 0.583. The second-order valence-corrected chi connectivity index (χ2v) is 5.58. The van der Waals surface area contributed by atoms with Crippen LogP contribution in [0.5, 0.6) is 0 Å². The average molecular weight is 251 g/mol. The molecule has 98 valence electrons. The van der Waals surface area contributed by atoms with Gasteiger partial charge < -0.3 is 15.1 Å². The van der Waals surface area contributed by atoms with Gasteiger partial charge in [-0.15, -0.1) is 0 Å². The lowest BCUT2D eigenvalue weighted by molar-refractivity contribution is -0.00891. The molecule has 0 unspecified atom stereocenters. The van der Waals surface area contributed by atoms with Gasteiger partial charge in [-0.05, 0) is 6.92 Å². The average Bonchev–Trinajstić information content (AvgIpc) is 2.48. The summed E-state index contributed by atoms with van der Waals surface area (Å²) < 4.78 is 0. The number of carbonyl (C=O) groups is 1. The third-order valence-corrected chi connectivity index (χ3v) is 3.71. The second-order valence-electron chi connectivity index (χ2n) is 5.58. The van der Waals surface area contributed by atoms with Gasteiger partial charge in [0, 0.05) is 18.5 Å². The number of β-amino-alcohol motifs (C(OH)–C–C–N with tert-alkyl or cyclic N) is 1. The molecule has 1 atom stereocenters. The van der Waals surface area contributed by atoms with Crippen LogP contribution in [0.15, 0.2) is 12.4 Å². The normalized spacial score (nSPS) is 26.3. The summed E-state index contributed by atoms with van der Waals surface area (Å²) in [5.74, 6) is -0.615. The van der Waals surface area contributed by atoms with Crippen LogP contribution in [0, 0.1) is 5.41 Å². The fourth-order valence-corrected chi connectivity index (χ4v) is 2.06. The number of aromatic carboxylic acids is 1. The molecule has 0 spiro atoms. The van der Waals surface area contributed by atoms with Gasteiger partial charge in [0.2, 0.25) is 0 Å². The number of aromatic nitrogens is 2. The minimum atomic E-state index is -1.10. The van der Waals surface area contributed by atoms with E-state index in [9.17, 15) is 9.90 Å². The van der Waals surface area contributed by atoms with Crippen molar-refractivity contribution in [2.24, 2.45) is 5.41 Å². The Labute approximate surface area is 105 Å². The maximum Gasteiger partial charge on any atom is 0.356 e. The third kappa shape index (κ3) is 2.03. The Balaban J connectivity index is 2.30. The number of nitrogens with zero attached hydrogens (tertiary/aromatic N) is 3. The van der Waals surface area contributed by atoms with Crippen molar-refractivity contribution in [2.75, 3.05) is 18.0 Å². The van der Waals surface area contributed by atoms with Gasteiger partial charge in [-0.3, -0.25) is 4.98 Å². The van der Waals surface area contributed by atoms with Crippen LogP contribution < -0.4 is 4.90 Å². The van der Waals surface area contributed by atoms with Crippen molar-refractivity contribution < 1.29 is 15.0 Å². The largest absolute Gasteiger partial charge is 0.476 e. The molecular formula is C12H17N3O3. The Kier molecular flexibility index (Phi) is 2.77. The Bertz CT molecular complexity index is 469. The highest BCUT2D eigenvalue weighted by Gasteiger charge is 2.48. The number of anilines is 1. The molecule has 2 heterocycles. The highest BCUT2D eigenvalue weighted by molar-refractivity contribution is 5.85. The van der Waals surface area contributed by atoms with Crippen molar-refractivity contribution >= 4 is 11.8 Å². The van der Waals surface area contributed by atoms with E-state index in [2.05, 4.69) is 9.97 Å². The van der Waals surface area contributed by atoms with Crippen LogP contribution in [-0.4, -0.2) is 44.8 Å². The summed E-state index contributed by atoms with van der Waals surface area (Å²) >= 11 is 0. The first kappa shape index (κ1) is 12.8. The number of aliphatic hydroxyl groups is 1. The zero-order valence-electron chi connectivity index (χ0n) is 10.7. The first-order valence-corrected chi connectivity index (χ1v) is 5.76. The van der Waals surface area contributed by atoms with Gasteiger partial charge >= 0.3 is 5.97 Å². The molecule has 1 aliphatic rings. The van der Waals surface area contributed by atoms with Crippen LogP contribution in [0.1, 0.15) is 31.3 Å². The van der Waals surface area contributed by atoms with Crippen LogP contribution in [0.2, 0.25) is 0 Å². The quantitative estimate of drug-likeness (QED) is 0.807. The monoisotopic (exact) mass is 251 g/mol. The molecule has 0 bridgehead atoms. The van der Waals surface area contributed by atoms with Crippen LogP contribution in [0.4, 0.5) is 5.82 Å². The van der Waals surface area contributed by atoms with E-state index in [1.54, 1.807) is 6.92 Å². The summed E-state index contributed by atoms with van der Waals surface area (Å²) in [5, 5.41) is 19.2. The van der Waals surface area contributed by atoms with E-state index < -0.39 is 11.6 Å². The van der Waals surface area contributed by atoms with E-state index in [0.29, 0.717) is 18.9 Å². The van der Waals surface area contributed by atoms with E-state index in [4.69, 9.17) is 5.11 Å². The number of carboxylic acids is 1. The van der Waals surface area contributed by atoms with Crippen LogP contribution in [-0.2, 0) is 0 Å². The lowest BCUT2D eigenvalue weighted by Crippen LogP contribution is -2.40. The SMILES string of the molecule is CC1(C)CN(c2cncc(C(=O)O)n2)C[C@]1(C)O. The van der Waals surface area contributed by atoms with Gasteiger partial charge in [-0.2, -0.15) is 0 Å². The first-order valence-electron chi connectivity index (χ1n) is 5.76. The Morgan fingerprint density at radius 1 is 1.33 bits per heavy atom. The Morgan fingerprint density at radius 3 is 2.50 bits per heavy atom. The maximum atomic E-state index is 10.9. The zero-order chi connectivity index (χ0) is 13.6. The minimum Gasteiger partial charge on any atom is -0.476 e. The van der Waals surface area contributed by atoms with Crippen LogP contribution >= 0.6 is 0 Å². The van der Waals surface area contributed by atoms with Crippen molar-refractivity contribution in [1.29, 1.82) is 0 Å². The van der Waals surface area contributed by atoms with Gasteiger partial charge in [0.25, 0.3) is 0 Å². The summed E-state index contributed by atoms with van der Waals surface area (Å²) in [7, 11) is 0. The summed E-state index contributed by atoms with van der Waals surface area (Å²) in [5.41, 5.74) is -1.21. The van der Waals surface area contributed by atoms with Gasteiger partial charge in [0.05, 0.1) is 18.0 Å². The molecule has 2 N–H and O–H groups in total. The zero-order valence-corrected chi connectivity index (χ0v) is 10.7. The molecule has 0 radical (unpaired) electrons. The molecular weight excluding hydrogens is 234 g/mol. The molecule has 6 nitrogen and oxygen atoms in total. The Morgan fingerprint density at radius 2 is 2.00 bits per heavy atom. The van der Waals surface area contributed by atoms with Crippen LogP contribution in [0.25, 0.3) is 0 Å². The third-order valence-electron chi connectivity index (χ3n) is 3.71. The van der Waals surface area contributed by atoms with Crippen molar-refractivity contribution in [3.63, 3.8) is 0 Å². The van der Waals surface area contributed by atoms with Crippen LogP contribution in [0.3, 0.4) is 0 Å². The number of carboxylic acid groups (broad SMARTS) is 1. The number of hydrogen-bond donors (Lipinski definition) is 2.